The molecule has 2 heteroatoms. The van der Waals surface area contributed by atoms with Crippen molar-refractivity contribution < 1.29 is 4.74 Å². The van der Waals surface area contributed by atoms with Crippen molar-refractivity contribution in [1.29, 1.82) is 0 Å². The summed E-state index contributed by atoms with van der Waals surface area (Å²) in [7, 11) is 0. The van der Waals surface area contributed by atoms with E-state index in [1.165, 1.54) is 31.4 Å². The molecule has 1 aromatic carbocycles. The molecule has 1 aliphatic heterocycles. The quantitative estimate of drug-likeness (QED) is 0.861. The summed E-state index contributed by atoms with van der Waals surface area (Å²) in [6, 6.07) is 9.25. The summed E-state index contributed by atoms with van der Waals surface area (Å²) in [6.45, 7) is 6.31. The van der Waals surface area contributed by atoms with Crippen molar-refractivity contribution in [3.63, 3.8) is 0 Å². The molecule has 0 radical (unpaired) electrons. The van der Waals surface area contributed by atoms with Gasteiger partial charge in [0.25, 0.3) is 0 Å². The lowest BCUT2D eigenvalue weighted by atomic mass is 9.91. The van der Waals surface area contributed by atoms with Gasteiger partial charge in [-0.25, -0.2) is 0 Å². The highest BCUT2D eigenvalue weighted by atomic mass is 16.5. The normalized spacial score (nSPS) is 23.9. The zero-order valence-corrected chi connectivity index (χ0v) is 11.6. The molecule has 0 bridgehead atoms. The van der Waals surface area contributed by atoms with E-state index in [4.69, 9.17) is 4.74 Å². The summed E-state index contributed by atoms with van der Waals surface area (Å²) < 4.78 is 5.46. The monoisotopic (exact) mass is 247 g/mol. The molecule has 1 fully saturated rings. The van der Waals surface area contributed by atoms with Gasteiger partial charge in [0.2, 0.25) is 0 Å². The van der Waals surface area contributed by atoms with Crippen molar-refractivity contribution in [2.75, 3.05) is 13.2 Å². The van der Waals surface area contributed by atoms with Crippen molar-refractivity contribution >= 4 is 0 Å². The first-order valence-corrected chi connectivity index (χ1v) is 7.23. The summed E-state index contributed by atoms with van der Waals surface area (Å²) >= 11 is 0. The van der Waals surface area contributed by atoms with Crippen LogP contribution < -0.4 is 10.1 Å². The number of rotatable bonds is 5. The van der Waals surface area contributed by atoms with E-state index in [2.05, 4.69) is 36.5 Å². The molecule has 2 nitrogen and oxygen atoms in total. The molecule has 2 rings (SSSR count). The Morgan fingerprint density at radius 2 is 2.06 bits per heavy atom. The third-order valence-electron chi connectivity index (χ3n) is 3.77. The van der Waals surface area contributed by atoms with Crippen LogP contribution >= 0.6 is 0 Å². The Kier molecular flexibility index (Phi) is 5.06. The lowest BCUT2D eigenvalue weighted by Gasteiger charge is -2.28. The van der Waals surface area contributed by atoms with E-state index >= 15 is 0 Å². The van der Waals surface area contributed by atoms with E-state index in [1.807, 2.05) is 6.92 Å². The van der Waals surface area contributed by atoms with Crippen LogP contribution in [0.4, 0.5) is 0 Å². The first-order chi connectivity index (χ1) is 8.78. The average molecular weight is 247 g/mol. The Morgan fingerprint density at radius 1 is 1.28 bits per heavy atom. The van der Waals surface area contributed by atoms with Crippen LogP contribution in [0.15, 0.2) is 24.3 Å². The molecule has 1 N–H and O–H groups in total. The zero-order valence-electron chi connectivity index (χ0n) is 11.6. The number of ether oxygens (including phenoxy) is 1. The maximum absolute atomic E-state index is 5.46. The van der Waals surface area contributed by atoms with Gasteiger partial charge in [-0.05, 0) is 62.8 Å². The van der Waals surface area contributed by atoms with Crippen LogP contribution in [0.2, 0.25) is 0 Å². The van der Waals surface area contributed by atoms with Gasteiger partial charge >= 0.3 is 0 Å². The number of nitrogens with one attached hydrogen (secondary N) is 1. The van der Waals surface area contributed by atoms with Gasteiger partial charge in [-0.3, -0.25) is 0 Å². The average Bonchev–Trinajstić information content (AvgIpc) is 2.38. The molecular weight excluding hydrogens is 222 g/mol. The molecule has 0 spiro atoms. The lowest BCUT2D eigenvalue weighted by molar-refractivity contribution is 0.308. The fourth-order valence-corrected chi connectivity index (χ4v) is 2.70. The largest absolute Gasteiger partial charge is 0.494 e. The highest BCUT2D eigenvalue weighted by Gasteiger charge is 2.17. The summed E-state index contributed by atoms with van der Waals surface area (Å²) in [5, 5.41) is 3.63. The summed E-state index contributed by atoms with van der Waals surface area (Å²) in [5.41, 5.74) is 1.42. The van der Waals surface area contributed by atoms with Crippen molar-refractivity contribution in [3.8, 4) is 5.75 Å². The third kappa shape index (κ3) is 4.02. The highest BCUT2D eigenvalue weighted by molar-refractivity contribution is 5.27. The fourth-order valence-electron chi connectivity index (χ4n) is 2.70. The molecule has 1 aliphatic rings. The van der Waals surface area contributed by atoms with Crippen LogP contribution in [-0.4, -0.2) is 19.2 Å². The molecule has 1 aromatic rings. The van der Waals surface area contributed by atoms with Gasteiger partial charge in [0.1, 0.15) is 5.75 Å². The van der Waals surface area contributed by atoms with Crippen molar-refractivity contribution in [1.82, 2.24) is 5.32 Å². The molecule has 0 aliphatic carbocycles. The minimum atomic E-state index is 0.709. The Bertz CT molecular complexity index is 347. The summed E-state index contributed by atoms with van der Waals surface area (Å²) in [4.78, 5) is 0. The van der Waals surface area contributed by atoms with E-state index in [0.717, 1.165) is 24.7 Å². The molecule has 1 saturated heterocycles. The Labute approximate surface area is 111 Å². The highest BCUT2D eigenvalue weighted by Crippen LogP contribution is 2.19. The summed E-state index contributed by atoms with van der Waals surface area (Å²) in [6.07, 6.45) is 5.08. The van der Waals surface area contributed by atoms with Crippen molar-refractivity contribution in [3.05, 3.63) is 29.8 Å². The Morgan fingerprint density at radius 3 is 2.72 bits per heavy atom. The topological polar surface area (TPSA) is 21.3 Å². The van der Waals surface area contributed by atoms with Gasteiger partial charge in [-0.1, -0.05) is 19.1 Å². The van der Waals surface area contributed by atoms with Crippen LogP contribution in [-0.2, 0) is 6.42 Å². The van der Waals surface area contributed by atoms with Gasteiger partial charge in [0.15, 0.2) is 0 Å². The first-order valence-electron chi connectivity index (χ1n) is 7.23. The van der Waals surface area contributed by atoms with Crippen LogP contribution in [0.25, 0.3) is 0 Å². The van der Waals surface area contributed by atoms with E-state index in [-0.39, 0.29) is 0 Å². The molecule has 0 aromatic heterocycles. The van der Waals surface area contributed by atoms with E-state index in [0.29, 0.717) is 6.04 Å². The molecule has 0 saturated carbocycles. The maximum Gasteiger partial charge on any atom is 0.119 e. The molecular formula is C16H25NO. The number of aryl methyl sites for hydroxylation is 1. The number of hydrogen-bond donors (Lipinski definition) is 1. The van der Waals surface area contributed by atoms with E-state index in [9.17, 15) is 0 Å². The number of hydrogen-bond acceptors (Lipinski definition) is 2. The molecule has 18 heavy (non-hydrogen) atoms. The molecule has 100 valence electrons. The van der Waals surface area contributed by atoms with Gasteiger partial charge in [-0.15, -0.1) is 0 Å². The molecule has 0 amide bonds. The SMILES string of the molecule is CCOc1ccc(CCC2CC(C)CCN2)cc1. The molecule has 1 heterocycles. The van der Waals surface area contributed by atoms with Crippen molar-refractivity contribution in [2.45, 2.75) is 45.6 Å². The second kappa shape index (κ2) is 6.79. The van der Waals surface area contributed by atoms with E-state index < -0.39 is 0 Å². The van der Waals surface area contributed by atoms with Crippen LogP contribution in [0, 0.1) is 5.92 Å². The molecule has 2 unspecified atom stereocenters. The second-order valence-electron chi connectivity index (χ2n) is 5.40. The predicted octanol–water partition coefficient (Wildman–Crippen LogP) is 3.41. The lowest BCUT2D eigenvalue weighted by Crippen LogP contribution is -2.37. The van der Waals surface area contributed by atoms with Crippen LogP contribution in [0.5, 0.6) is 5.75 Å². The fraction of sp³-hybridized carbons (Fsp3) is 0.625. The maximum atomic E-state index is 5.46. The van der Waals surface area contributed by atoms with E-state index in [1.54, 1.807) is 0 Å². The van der Waals surface area contributed by atoms with Crippen LogP contribution in [0.1, 0.15) is 38.7 Å². The Balaban J connectivity index is 1.78. The van der Waals surface area contributed by atoms with Gasteiger partial charge < -0.3 is 10.1 Å². The Hall–Kier alpha value is -1.02. The summed E-state index contributed by atoms with van der Waals surface area (Å²) in [5.74, 6) is 1.86. The number of benzene rings is 1. The van der Waals surface area contributed by atoms with Gasteiger partial charge in [-0.2, -0.15) is 0 Å². The zero-order chi connectivity index (χ0) is 12.8. The smallest absolute Gasteiger partial charge is 0.119 e. The third-order valence-corrected chi connectivity index (χ3v) is 3.77. The second-order valence-corrected chi connectivity index (χ2v) is 5.40. The minimum absolute atomic E-state index is 0.709. The van der Waals surface area contributed by atoms with Gasteiger partial charge in [0, 0.05) is 6.04 Å². The predicted molar refractivity (Wildman–Crippen MR) is 76.1 cm³/mol. The molecule has 2 atom stereocenters. The van der Waals surface area contributed by atoms with Gasteiger partial charge in [0.05, 0.1) is 6.61 Å². The first kappa shape index (κ1) is 13.4. The van der Waals surface area contributed by atoms with Crippen LogP contribution in [0.3, 0.4) is 0 Å². The standard InChI is InChI=1S/C16H25NO/c1-3-18-16-8-5-14(6-9-16)4-7-15-12-13(2)10-11-17-15/h5-6,8-9,13,15,17H,3-4,7,10-12H2,1-2H3. The van der Waals surface area contributed by atoms with Crippen molar-refractivity contribution in [2.24, 2.45) is 5.92 Å². The minimum Gasteiger partial charge on any atom is -0.494 e. The number of piperidine rings is 1.